The van der Waals surface area contributed by atoms with E-state index in [1.165, 1.54) is 6.20 Å². The fourth-order valence-corrected chi connectivity index (χ4v) is 3.09. The minimum absolute atomic E-state index is 0.181. The average molecular weight is 414 g/mol. The fraction of sp³-hybridized carbons (Fsp3) is 0.273. The highest BCUT2D eigenvalue weighted by molar-refractivity contribution is 6.30. The van der Waals surface area contributed by atoms with Crippen molar-refractivity contribution in [2.75, 3.05) is 19.8 Å². The first-order valence-electron chi connectivity index (χ1n) is 9.58. The summed E-state index contributed by atoms with van der Waals surface area (Å²) >= 11 is 5.94. The van der Waals surface area contributed by atoms with E-state index in [2.05, 4.69) is 15.5 Å². The van der Waals surface area contributed by atoms with Gasteiger partial charge in [-0.05, 0) is 50.1 Å². The van der Waals surface area contributed by atoms with Crippen LogP contribution in [0.1, 0.15) is 29.8 Å². The molecule has 1 heterocycles. The number of aromatic amines is 1. The van der Waals surface area contributed by atoms with Crippen LogP contribution in [0.4, 0.5) is 0 Å². The normalized spacial score (nSPS) is 10.6. The Hall–Kier alpha value is -2.99. The molecule has 1 amide bonds. The van der Waals surface area contributed by atoms with Crippen molar-refractivity contribution in [3.8, 4) is 22.8 Å². The van der Waals surface area contributed by atoms with Gasteiger partial charge in [-0.3, -0.25) is 9.89 Å². The molecule has 0 saturated heterocycles. The van der Waals surface area contributed by atoms with E-state index in [9.17, 15) is 4.79 Å². The Balaban J connectivity index is 1.63. The lowest BCUT2D eigenvalue weighted by atomic mass is 10.1. The number of carbonyl (C=O) groups is 1. The minimum atomic E-state index is -0.181. The molecule has 0 aliphatic heterocycles. The van der Waals surface area contributed by atoms with Crippen molar-refractivity contribution in [3.05, 3.63) is 64.8 Å². The first kappa shape index (κ1) is 20.7. The number of halogens is 1. The highest BCUT2D eigenvalue weighted by Gasteiger charge is 2.15. The van der Waals surface area contributed by atoms with Crippen molar-refractivity contribution in [2.24, 2.45) is 0 Å². The van der Waals surface area contributed by atoms with Crippen LogP contribution in [0.5, 0.6) is 11.5 Å². The number of H-pyrrole nitrogens is 1. The fourth-order valence-electron chi connectivity index (χ4n) is 2.96. The number of hydrogen-bond donors (Lipinski definition) is 2. The van der Waals surface area contributed by atoms with Crippen LogP contribution in [0.3, 0.4) is 0 Å². The SMILES string of the molecule is CCOc1ccc(CCNC(=O)c2cn[nH]c2-c2ccc(Cl)cc2)cc1OCC. The number of amides is 1. The molecule has 3 rings (SSSR count). The summed E-state index contributed by atoms with van der Waals surface area (Å²) in [5, 5.41) is 10.5. The summed E-state index contributed by atoms with van der Waals surface area (Å²) < 4.78 is 11.2. The van der Waals surface area contributed by atoms with E-state index in [1.807, 2.05) is 44.2 Å². The number of nitrogens with zero attached hydrogens (tertiary/aromatic N) is 1. The Morgan fingerprint density at radius 1 is 1.07 bits per heavy atom. The zero-order valence-electron chi connectivity index (χ0n) is 16.5. The van der Waals surface area contributed by atoms with Crippen LogP contribution in [0.2, 0.25) is 5.02 Å². The number of benzene rings is 2. The molecule has 0 unspecified atom stereocenters. The molecule has 0 radical (unpaired) electrons. The number of aromatic nitrogens is 2. The molecular formula is C22H24ClN3O3. The van der Waals surface area contributed by atoms with Gasteiger partial charge in [0.1, 0.15) is 0 Å². The molecule has 0 saturated carbocycles. The predicted molar refractivity (Wildman–Crippen MR) is 114 cm³/mol. The highest BCUT2D eigenvalue weighted by Crippen LogP contribution is 2.28. The maximum absolute atomic E-state index is 12.6. The summed E-state index contributed by atoms with van der Waals surface area (Å²) in [4.78, 5) is 12.6. The van der Waals surface area contributed by atoms with Crippen LogP contribution in [-0.2, 0) is 6.42 Å². The zero-order valence-corrected chi connectivity index (χ0v) is 17.3. The Bertz CT molecular complexity index is 954. The second-order valence-corrected chi connectivity index (χ2v) is 6.76. The molecule has 0 atom stereocenters. The molecule has 152 valence electrons. The first-order valence-corrected chi connectivity index (χ1v) is 9.96. The van der Waals surface area contributed by atoms with Crippen molar-refractivity contribution in [2.45, 2.75) is 20.3 Å². The lowest BCUT2D eigenvalue weighted by molar-refractivity contribution is 0.0955. The van der Waals surface area contributed by atoms with E-state index in [1.54, 1.807) is 12.1 Å². The topological polar surface area (TPSA) is 76.2 Å². The summed E-state index contributed by atoms with van der Waals surface area (Å²) in [6.45, 7) is 5.51. The average Bonchev–Trinajstić information content (AvgIpc) is 3.21. The third-order valence-corrected chi connectivity index (χ3v) is 4.58. The molecule has 0 bridgehead atoms. The van der Waals surface area contributed by atoms with Gasteiger partial charge in [-0.25, -0.2) is 0 Å². The van der Waals surface area contributed by atoms with Crippen molar-refractivity contribution >= 4 is 17.5 Å². The van der Waals surface area contributed by atoms with Gasteiger partial charge in [-0.15, -0.1) is 0 Å². The monoisotopic (exact) mass is 413 g/mol. The number of ether oxygens (including phenoxy) is 2. The van der Waals surface area contributed by atoms with Gasteiger partial charge in [0.05, 0.1) is 30.7 Å². The zero-order chi connectivity index (χ0) is 20.6. The van der Waals surface area contributed by atoms with E-state index in [-0.39, 0.29) is 5.91 Å². The van der Waals surface area contributed by atoms with Crippen molar-refractivity contribution in [3.63, 3.8) is 0 Å². The van der Waals surface area contributed by atoms with Crippen molar-refractivity contribution in [1.82, 2.24) is 15.5 Å². The summed E-state index contributed by atoms with van der Waals surface area (Å²) in [6.07, 6.45) is 2.20. The molecule has 0 fully saturated rings. The molecule has 3 aromatic rings. The van der Waals surface area contributed by atoms with E-state index >= 15 is 0 Å². The second kappa shape index (κ2) is 9.98. The van der Waals surface area contributed by atoms with Crippen LogP contribution in [-0.4, -0.2) is 35.9 Å². The third kappa shape index (κ3) is 5.29. The lowest BCUT2D eigenvalue weighted by Gasteiger charge is -2.12. The molecule has 0 aliphatic rings. The molecule has 6 nitrogen and oxygen atoms in total. The maximum atomic E-state index is 12.6. The number of rotatable bonds is 9. The van der Waals surface area contributed by atoms with Crippen LogP contribution in [0.15, 0.2) is 48.7 Å². The van der Waals surface area contributed by atoms with E-state index in [0.717, 1.165) is 22.6 Å². The molecule has 29 heavy (non-hydrogen) atoms. The summed E-state index contributed by atoms with van der Waals surface area (Å²) in [5.74, 6) is 1.27. The third-order valence-electron chi connectivity index (χ3n) is 4.32. The maximum Gasteiger partial charge on any atom is 0.255 e. The number of carbonyl (C=O) groups excluding carboxylic acids is 1. The van der Waals surface area contributed by atoms with Gasteiger partial charge in [-0.1, -0.05) is 29.8 Å². The molecule has 0 spiro atoms. The Kier molecular flexibility index (Phi) is 7.14. The van der Waals surface area contributed by atoms with Crippen molar-refractivity contribution in [1.29, 1.82) is 0 Å². The largest absolute Gasteiger partial charge is 0.490 e. The number of hydrogen-bond acceptors (Lipinski definition) is 4. The standard InChI is InChI=1S/C22H24ClN3O3/c1-3-28-19-10-5-15(13-20(19)29-4-2)11-12-24-22(27)18-14-25-26-21(18)16-6-8-17(23)9-7-16/h5-10,13-14H,3-4,11-12H2,1-2H3,(H,24,27)(H,25,26). The van der Waals surface area contributed by atoms with Crippen LogP contribution >= 0.6 is 11.6 Å². The molecular weight excluding hydrogens is 390 g/mol. The van der Waals surface area contributed by atoms with Crippen LogP contribution in [0, 0.1) is 0 Å². The quantitative estimate of drug-likeness (QED) is 0.541. The molecule has 1 aromatic heterocycles. The Morgan fingerprint density at radius 3 is 2.52 bits per heavy atom. The van der Waals surface area contributed by atoms with E-state index < -0.39 is 0 Å². The minimum Gasteiger partial charge on any atom is -0.490 e. The molecule has 7 heteroatoms. The highest BCUT2D eigenvalue weighted by atomic mass is 35.5. The van der Waals surface area contributed by atoms with Gasteiger partial charge in [0.15, 0.2) is 11.5 Å². The summed E-state index contributed by atoms with van der Waals surface area (Å²) in [6, 6.07) is 13.1. The number of nitrogens with one attached hydrogen (secondary N) is 2. The van der Waals surface area contributed by atoms with Crippen molar-refractivity contribution < 1.29 is 14.3 Å². The van der Waals surface area contributed by atoms with Gasteiger partial charge in [0.25, 0.3) is 5.91 Å². The van der Waals surface area contributed by atoms with Gasteiger partial charge in [-0.2, -0.15) is 5.10 Å². The summed E-state index contributed by atoms with van der Waals surface area (Å²) in [7, 11) is 0. The smallest absolute Gasteiger partial charge is 0.255 e. The Morgan fingerprint density at radius 2 is 1.79 bits per heavy atom. The van der Waals surface area contributed by atoms with E-state index in [4.69, 9.17) is 21.1 Å². The van der Waals surface area contributed by atoms with Gasteiger partial charge in [0.2, 0.25) is 0 Å². The molecule has 2 N–H and O–H groups in total. The lowest BCUT2D eigenvalue weighted by Crippen LogP contribution is -2.25. The summed E-state index contributed by atoms with van der Waals surface area (Å²) in [5.41, 5.74) is 3.07. The molecule has 2 aromatic carbocycles. The first-order chi connectivity index (χ1) is 14.1. The van der Waals surface area contributed by atoms with Gasteiger partial charge in [0, 0.05) is 17.1 Å². The van der Waals surface area contributed by atoms with Crippen LogP contribution in [0.25, 0.3) is 11.3 Å². The predicted octanol–water partition coefficient (Wildman–Crippen LogP) is 4.50. The van der Waals surface area contributed by atoms with E-state index in [0.29, 0.717) is 42.5 Å². The van der Waals surface area contributed by atoms with Crippen LogP contribution < -0.4 is 14.8 Å². The Labute approximate surface area is 175 Å². The van der Waals surface area contributed by atoms with Gasteiger partial charge < -0.3 is 14.8 Å². The second-order valence-electron chi connectivity index (χ2n) is 6.32. The molecule has 0 aliphatic carbocycles. The van der Waals surface area contributed by atoms with Gasteiger partial charge >= 0.3 is 0 Å².